The van der Waals surface area contributed by atoms with Crippen LogP contribution in [0.4, 0.5) is 4.39 Å². The van der Waals surface area contributed by atoms with Gasteiger partial charge in [-0.05, 0) is 26.0 Å². The van der Waals surface area contributed by atoms with Crippen LogP contribution in [-0.4, -0.2) is 29.7 Å². The number of nitrogens with one attached hydrogen (secondary N) is 1. The molecular weight excluding hydrogens is 263 g/mol. The Labute approximate surface area is 115 Å². The third-order valence-electron chi connectivity index (χ3n) is 2.73. The van der Waals surface area contributed by atoms with Crippen molar-refractivity contribution in [3.05, 3.63) is 35.4 Å². The molecule has 0 saturated carbocycles. The number of methoxy groups -OCH3 is 1. The van der Waals surface area contributed by atoms with Crippen LogP contribution in [0.25, 0.3) is 11.4 Å². The maximum absolute atomic E-state index is 13.5. The van der Waals surface area contributed by atoms with Crippen LogP contribution in [-0.2, 0) is 4.74 Å². The van der Waals surface area contributed by atoms with Crippen LogP contribution < -0.4 is 4.74 Å². The van der Waals surface area contributed by atoms with E-state index in [0.717, 1.165) is 0 Å². The van der Waals surface area contributed by atoms with Gasteiger partial charge in [-0.15, -0.1) is 0 Å². The number of aromatic nitrogens is 2. The van der Waals surface area contributed by atoms with Gasteiger partial charge < -0.3 is 14.5 Å². The number of carbonyl (C=O) groups excluding carboxylic acids is 1. The molecule has 6 heteroatoms. The summed E-state index contributed by atoms with van der Waals surface area (Å²) in [5, 5.41) is 0. The summed E-state index contributed by atoms with van der Waals surface area (Å²) in [4.78, 5) is 18.8. The number of rotatable bonds is 4. The Morgan fingerprint density at radius 1 is 1.40 bits per heavy atom. The number of benzene rings is 1. The third kappa shape index (κ3) is 2.79. The average molecular weight is 278 g/mol. The van der Waals surface area contributed by atoms with Crippen LogP contribution in [0.1, 0.15) is 23.1 Å². The Morgan fingerprint density at radius 2 is 2.15 bits per heavy atom. The molecule has 1 N–H and O–H groups in total. The number of aromatic amines is 1. The van der Waals surface area contributed by atoms with E-state index in [9.17, 15) is 9.18 Å². The lowest BCUT2D eigenvalue weighted by Crippen LogP contribution is -2.06. The number of halogens is 1. The number of ether oxygens (including phenoxy) is 2. The van der Waals surface area contributed by atoms with Crippen LogP contribution in [0.2, 0.25) is 0 Å². The highest BCUT2D eigenvalue weighted by Gasteiger charge is 2.17. The second kappa shape index (κ2) is 5.73. The number of carbonyl (C=O) groups is 1. The first kappa shape index (κ1) is 14.0. The quantitative estimate of drug-likeness (QED) is 0.873. The summed E-state index contributed by atoms with van der Waals surface area (Å²) < 4.78 is 23.4. The van der Waals surface area contributed by atoms with Crippen molar-refractivity contribution in [1.29, 1.82) is 0 Å². The fourth-order valence-electron chi connectivity index (χ4n) is 1.81. The zero-order valence-electron chi connectivity index (χ0n) is 11.5. The molecule has 1 aromatic carbocycles. The zero-order chi connectivity index (χ0) is 14.7. The van der Waals surface area contributed by atoms with Crippen LogP contribution >= 0.6 is 0 Å². The molecule has 106 valence electrons. The van der Waals surface area contributed by atoms with Crippen molar-refractivity contribution in [3.63, 3.8) is 0 Å². The lowest BCUT2D eigenvalue weighted by Gasteiger charge is -2.02. The molecule has 1 aromatic heterocycles. The molecule has 0 radical (unpaired) electrons. The van der Waals surface area contributed by atoms with Crippen molar-refractivity contribution in [2.75, 3.05) is 13.7 Å². The van der Waals surface area contributed by atoms with Gasteiger partial charge in [0.1, 0.15) is 17.4 Å². The Hall–Kier alpha value is -2.37. The highest BCUT2D eigenvalue weighted by molar-refractivity contribution is 5.89. The maximum Gasteiger partial charge on any atom is 0.358 e. The van der Waals surface area contributed by atoms with Gasteiger partial charge in [0.05, 0.1) is 13.7 Å². The summed E-state index contributed by atoms with van der Waals surface area (Å²) in [7, 11) is 1.45. The fraction of sp³-hybridized carbons (Fsp3) is 0.286. The standard InChI is InChI=1S/C14H15FN2O3/c1-4-20-14(18)12-8(2)16-13(17-12)9-5-10(15)7-11(6-9)19-3/h5-7H,4H2,1-3H3,(H,16,17). The van der Waals surface area contributed by atoms with Gasteiger partial charge in [-0.2, -0.15) is 0 Å². The first-order valence-corrected chi connectivity index (χ1v) is 6.13. The van der Waals surface area contributed by atoms with E-state index in [0.29, 0.717) is 22.8 Å². The van der Waals surface area contributed by atoms with E-state index < -0.39 is 11.8 Å². The monoisotopic (exact) mass is 278 g/mol. The van der Waals surface area contributed by atoms with Crippen molar-refractivity contribution in [3.8, 4) is 17.1 Å². The van der Waals surface area contributed by atoms with Gasteiger partial charge in [0.15, 0.2) is 5.69 Å². The SMILES string of the molecule is CCOC(=O)c1nc(-c2cc(F)cc(OC)c2)[nH]c1C. The minimum absolute atomic E-state index is 0.199. The summed E-state index contributed by atoms with van der Waals surface area (Å²) in [5.41, 5.74) is 1.27. The molecule has 0 unspecified atom stereocenters. The molecule has 0 atom stereocenters. The minimum atomic E-state index is -0.504. The summed E-state index contributed by atoms with van der Waals surface area (Å²) >= 11 is 0. The van der Waals surface area contributed by atoms with E-state index >= 15 is 0 Å². The average Bonchev–Trinajstić information content (AvgIpc) is 2.80. The Kier molecular flexibility index (Phi) is 4.02. The molecule has 0 bridgehead atoms. The molecule has 2 rings (SSSR count). The first-order chi connectivity index (χ1) is 9.55. The van der Waals surface area contributed by atoms with E-state index in [1.807, 2.05) is 0 Å². The molecule has 0 saturated heterocycles. The van der Waals surface area contributed by atoms with E-state index in [1.165, 1.54) is 19.2 Å². The fourth-order valence-corrected chi connectivity index (χ4v) is 1.81. The molecule has 2 aromatic rings. The zero-order valence-corrected chi connectivity index (χ0v) is 11.5. The smallest absolute Gasteiger partial charge is 0.358 e. The van der Waals surface area contributed by atoms with Gasteiger partial charge in [-0.3, -0.25) is 0 Å². The molecule has 0 fully saturated rings. The molecule has 20 heavy (non-hydrogen) atoms. The van der Waals surface area contributed by atoms with Crippen molar-refractivity contribution in [2.24, 2.45) is 0 Å². The molecule has 0 aliphatic carbocycles. The van der Waals surface area contributed by atoms with Crippen LogP contribution in [0.5, 0.6) is 5.75 Å². The molecule has 0 spiro atoms. The molecule has 1 heterocycles. The van der Waals surface area contributed by atoms with Gasteiger partial charge in [0.25, 0.3) is 0 Å². The molecule has 0 amide bonds. The van der Waals surface area contributed by atoms with Gasteiger partial charge in [-0.1, -0.05) is 0 Å². The van der Waals surface area contributed by atoms with Gasteiger partial charge >= 0.3 is 5.97 Å². The van der Waals surface area contributed by atoms with Crippen LogP contribution in [0.3, 0.4) is 0 Å². The topological polar surface area (TPSA) is 64.2 Å². The van der Waals surface area contributed by atoms with Crippen molar-refractivity contribution >= 4 is 5.97 Å². The Bertz CT molecular complexity index is 637. The molecular formula is C14H15FN2O3. The largest absolute Gasteiger partial charge is 0.497 e. The van der Waals surface area contributed by atoms with Crippen molar-refractivity contribution < 1.29 is 18.7 Å². The Morgan fingerprint density at radius 3 is 2.80 bits per heavy atom. The van der Waals surface area contributed by atoms with E-state index in [1.54, 1.807) is 19.9 Å². The number of esters is 1. The number of nitrogens with zero attached hydrogens (tertiary/aromatic N) is 1. The van der Waals surface area contributed by atoms with E-state index in [-0.39, 0.29) is 12.3 Å². The minimum Gasteiger partial charge on any atom is -0.497 e. The number of H-pyrrole nitrogens is 1. The highest BCUT2D eigenvalue weighted by atomic mass is 19.1. The lowest BCUT2D eigenvalue weighted by atomic mass is 10.2. The van der Waals surface area contributed by atoms with Crippen LogP contribution in [0, 0.1) is 12.7 Å². The number of aryl methyl sites for hydroxylation is 1. The van der Waals surface area contributed by atoms with Crippen molar-refractivity contribution in [1.82, 2.24) is 9.97 Å². The van der Waals surface area contributed by atoms with E-state index in [4.69, 9.17) is 9.47 Å². The molecule has 0 aliphatic rings. The number of hydrogen-bond donors (Lipinski definition) is 1. The predicted molar refractivity (Wildman–Crippen MR) is 71.2 cm³/mol. The predicted octanol–water partition coefficient (Wildman–Crippen LogP) is 2.71. The normalized spacial score (nSPS) is 10.4. The second-order valence-corrected chi connectivity index (χ2v) is 4.16. The Balaban J connectivity index is 2.41. The summed E-state index contributed by atoms with van der Waals surface area (Å²) in [5.74, 6) is -0.169. The molecule has 5 nitrogen and oxygen atoms in total. The van der Waals surface area contributed by atoms with E-state index in [2.05, 4.69) is 9.97 Å². The summed E-state index contributed by atoms with van der Waals surface area (Å²) in [6.07, 6.45) is 0. The lowest BCUT2D eigenvalue weighted by molar-refractivity contribution is 0.0519. The number of imidazole rings is 1. The first-order valence-electron chi connectivity index (χ1n) is 6.13. The van der Waals surface area contributed by atoms with Crippen LogP contribution in [0.15, 0.2) is 18.2 Å². The second-order valence-electron chi connectivity index (χ2n) is 4.16. The third-order valence-corrected chi connectivity index (χ3v) is 2.73. The van der Waals surface area contributed by atoms with Gasteiger partial charge in [0, 0.05) is 17.3 Å². The number of hydrogen-bond acceptors (Lipinski definition) is 4. The highest BCUT2D eigenvalue weighted by Crippen LogP contribution is 2.24. The maximum atomic E-state index is 13.5. The van der Waals surface area contributed by atoms with Crippen molar-refractivity contribution in [2.45, 2.75) is 13.8 Å². The van der Waals surface area contributed by atoms with Gasteiger partial charge in [-0.25, -0.2) is 14.2 Å². The summed E-state index contributed by atoms with van der Waals surface area (Å²) in [6.45, 7) is 3.70. The molecule has 0 aliphatic heterocycles. The summed E-state index contributed by atoms with van der Waals surface area (Å²) in [6, 6.07) is 4.22. The van der Waals surface area contributed by atoms with Gasteiger partial charge in [0.2, 0.25) is 0 Å².